The van der Waals surface area contributed by atoms with E-state index in [1.54, 1.807) is 0 Å². The quantitative estimate of drug-likeness (QED) is 0.298. The molecular formula is C32H61N7. The van der Waals surface area contributed by atoms with Crippen molar-refractivity contribution in [2.75, 3.05) is 39.3 Å². The molecular weight excluding hydrogens is 482 g/mol. The van der Waals surface area contributed by atoms with Gasteiger partial charge in [-0.25, -0.2) is 0 Å². The summed E-state index contributed by atoms with van der Waals surface area (Å²) in [6.07, 6.45) is 15.6. The maximum absolute atomic E-state index is 9.40. The second kappa shape index (κ2) is 14.4. The lowest BCUT2D eigenvalue weighted by Crippen LogP contribution is -2.53. The van der Waals surface area contributed by atoms with Gasteiger partial charge in [0.1, 0.15) is 0 Å². The average Bonchev–Trinajstić information content (AvgIpc) is 3.58. The van der Waals surface area contributed by atoms with Crippen LogP contribution in [-0.4, -0.2) is 95.0 Å². The highest BCUT2D eigenvalue weighted by molar-refractivity contribution is 5.80. The number of rotatable bonds is 14. The number of hydrogen-bond donors (Lipinski definition) is 2. The van der Waals surface area contributed by atoms with Crippen molar-refractivity contribution in [3.63, 3.8) is 0 Å². The Kier molecular flexibility index (Phi) is 11.3. The minimum atomic E-state index is 0.437. The number of hydrogen-bond acceptors (Lipinski definition) is 5. The summed E-state index contributed by atoms with van der Waals surface area (Å²) in [4.78, 5) is 14.9. The van der Waals surface area contributed by atoms with Crippen LogP contribution in [0, 0.1) is 23.2 Å². The first kappa shape index (κ1) is 30.5. The molecule has 3 N–H and O–H groups in total. The minimum absolute atomic E-state index is 0.437. The molecule has 1 aliphatic carbocycles. The molecule has 39 heavy (non-hydrogen) atoms. The Morgan fingerprint density at radius 1 is 1.00 bits per heavy atom. The number of likely N-dealkylation sites (tertiary alicyclic amines) is 1. The lowest BCUT2D eigenvalue weighted by atomic mass is 9.84. The molecule has 3 heterocycles. The second-order valence-electron chi connectivity index (χ2n) is 14.0. The van der Waals surface area contributed by atoms with Gasteiger partial charge in [0.25, 0.3) is 0 Å². The van der Waals surface area contributed by atoms with Gasteiger partial charge in [0, 0.05) is 44.3 Å². The van der Waals surface area contributed by atoms with Crippen LogP contribution in [0.4, 0.5) is 0 Å². The summed E-state index contributed by atoms with van der Waals surface area (Å²) in [5.74, 6) is 3.69. The van der Waals surface area contributed by atoms with Crippen molar-refractivity contribution >= 4 is 11.9 Å². The summed E-state index contributed by atoms with van der Waals surface area (Å²) in [6.45, 7) is 17.8. The van der Waals surface area contributed by atoms with Crippen molar-refractivity contribution < 1.29 is 0 Å². The zero-order chi connectivity index (χ0) is 27.9. The standard InChI is InChI=1S/C32H61N7/c1-6-12-28-23-38(32(34)37(28)18-10-13-24(2)3)29(19-26-14-8-7-9-15-26)21-36-17-11-16-27(36)22-39-30(25(4)5)20-35-31(39)33/h24-30,34H,6-23H2,1-5H3,(H2,33,35)/t27-,28+,29+,30-/m0/s1. The molecule has 7 heteroatoms. The highest BCUT2D eigenvalue weighted by Gasteiger charge is 2.41. The van der Waals surface area contributed by atoms with E-state index in [1.807, 2.05) is 0 Å². The first-order valence-corrected chi connectivity index (χ1v) is 16.7. The van der Waals surface area contributed by atoms with Gasteiger partial charge < -0.3 is 20.4 Å². The van der Waals surface area contributed by atoms with Gasteiger partial charge >= 0.3 is 0 Å². The van der Waals surface area contributed by atoms with Crippen LogP contribution in [0.1, 0.15) is 112 Å². The van der Waals surface area contributed by atoms with Gasteiger partial charge in [0.15, 0.2) is 11.9 Å². The van der Waals surface area contributed by atoms with Crippen molar-refractivity contribution in [3.8, 4) is 0 Å². The van der Waals surface area contributed by atoms with Gasteiger partial charge in [-0.15, -0.1) is 0 Å². The maximum atomic E-state index is 9.40. The molecule has 0 aromatic carbocycles. The molecule has 1 saturated carbocycles. The van der Waals surface area contributed by atoms with Crippen molar-refractivity contribution in [1.29, 1.82) is 5.41 Å². The van der Waals surface area contributed by atoms with E-state index in [0.29, 0.717) is 30.1 Å². The van der Waals surface area contributed by atoms with Crippen LogP contribution in [0.15, 0.2) is 4.99 Å². The Bertz CT molecular complexity index is 789. The van der Waals surface area contributed by atoms with Gasteiger partial charge in [-0.05, 0) is 62.8 Å². The molecule has 0 unspecified atom stereocenters. The first-order valence-electron chi connectivity index (χ1n) is 16.7. The van der Waals surface area contributed by atoms with Crippen LogP contribution in [0.3, 0.4) is 0 Å². The Morgan fingerprint density at radius 3 is 2.46 bits per heavy atom. The van der Waals surface area contributed by atoms with Crippen LogP contribution < -0.4 is 5.73 Å². The van der Waals surface area contributed by atoms with E-state index in [0.717, 1.165) is 56.5 Å². The van der Waals surface area contributed by atoms with E-state index < -0.39 is 0 Å². The lowest BCUT2D eigenvalue weighted by Gasteiger charge is -2.39. The summed E-state index contributed by atoms with van der Waals surface area (Å²) in [7, 11) is 0. The summed E-state index contributed by atoms with van der Waals surface area (Å²) >= 11 is 0. The fourth-order valence-electron chi connectivity index (χ4n) is 7.90. The highest BCUT2D eigenvalue weighted by Crippen LogP contribution is 2.33. The fraction of sp³-hybridized carbons (Fsp3) is 0.938. The predicted octanol–water partition coefficient (Wildman–Crippen LogP) is 5.60. The molecule has 0 aromatic heterocycles. The zero-order valence-electron chi connectivity index (χ0n) is 26.1. The lowest BCUT2D eigenvalue weighted by molar-refractivity contribution is 0.133. The highest BCUT2D eigenvalue weighted by atomic mass is 15.5. The molecule has 0 amide bonds. The third-order valence-electron chi connectivity index (χ3n) is 10.2. The molecule has 4 aliphatic rings. The van der Waals surface area contributed by atoms with Crippen LogP contribution in [0.25, 0.3) is 0 Å². The predicted molar refractivity (Wildman–Crippen MR) is 165 cm³/mol. The first-order chi connectivity index (χ1) is 18.8. The van der Waals surface area contributed by atoms with Gasteiger partial charge in [0.05, 0.1) is 12.6 Å². The molecule has 2 saturated heterocycles. The van der Waals surface area contributed by atoms with E-state index >= 15 is 0 Å². The van der Waals surface area contributed by atoms with Crippen molar-refractivity contribution in [3.05, 3.63) is 0 Å². The molecule has 0 aromatic rings. The van der Waals surface area contributed by atoms with E-state index in [2.05, 4.69) is 59.2 Å². The van der Waals surface area contributed by atoms with Gasteiger partial charge in [0.2, 0.25) is 0 Å². The normalized spacial score (nSPS) is 28.0. The number of nitrogens with zero attached hydrogens (tertiary/aromatic N) is 5. The van der Waals surface area contributed by atoms with Crippen molar-refractivity contribution in [2.24, 2.45) is 28.5 Å². The van der Waals surface area contributed by atoms with Crippen LogP contribution in [0.5, 0.6) is 0 Å². The van der Waals surface area contributed by atoms with E-state index in [-0.39, 0.29) is 0 Å². The van der Waals surface area contributed by atoms with Crippen molar-refractivity contribution in [2.45, 2.75) is 136 Å². The Hall–Kier alpha value is -1.50. The van der Waals surface area contributed by atoms with Crippen LogP contribution >= 0.6 is 0 Å². The Labute approximate surface area is 240 Å². The van der Waals surface area contributed by atoms with Crippen molar-refractivity contribution in [1.82, 2.24) is 19.6 Å². The second-order valence-corrected chi connectivity index (χ2v) is 14.0. The SMILES string of the molecule is CCC[C@@H]1CN([C@H](CC2CCCCC2)CN2CCC[C@H]2CN2C(N)=NC[C@H]2C(C)C)C(=N)N1CCCC(C)C. The van der Waals surface area contributed by atoms with Gasteiger partial charge in [-0.3, -0.25) is 15.3 Å². The summed E-state index contributed by atoms with van der Waals surface area (Å²) in [6, 6.07) is 1.93. The summed E-state index contributed by atoms with van der Waals surface area (Å²) in [5.41, 5.74) is 6.41. The van der Waals surface area contributed by atoms with E-state index in [4.69, 9.17) is 5.73 Å². The average molecular weight is 544 g/mol. The molecule has 3 aliphatic heterocycles. The number of nitrogens with two attached hydrogens (primary N) is 1. The minimum Gasteiger partial charge on any atom is -0.370 e. The number of guanidine groups is 2. The summed E-state index contributed by atoms with van der Waals surface area (Å²) in [5, 5.41) is 9.40. The smallest absolute Gasteiger partial charge is 0.194 e. The third-order valence-corrected chi connectivity index (χ3v) is 10.2. The van der Waals surface area contributed by atoms with Crippen LogP contribution in [0.2, 0.25) is 0 Å². The fourth-order valence-corrected chi connectivity index (χ4v) is 7.90. The van der Waals surface area contributed by atoms with Crippen LogP contribution in [-0.2, 0) is 0 Å². The zero-order valence-corrected chi connectivity index (χ0v) is 26.1. The maximum Gasteiger partial charge on any atom is 0.194 e. The molecule has 4 rings (SSSR count). The molecule has 0 radical (unpaired) electrons. The van der Waals surface area contributed by atoms with Gasteiger partial charge in [-0.2, -0.15) is 0 Å². The molecule has 4 atom stereocenters. The molecule has 3 fully saturated rings. The molecule has 0 bridgehead atoms. The Balaban J connectivity index is 1.48. The molecule has 7 nitrogen and oxygen atoms in total. The number of nitrogens with one attached hydrogen (secondary N) is 1. The van der Waals surface area contributed by atoms with E-state index in [1.165, 1.54) is 83.6 Å². The largest absolute Gasteiger partial charge is 0.370 e. The third kappa shape index (κ3) is 7.83. The Morgan fingerprint density at radius 2 is 1.77 bits per heavy atom. The molecule has 224 valence electrons. The number of aliphatic imine (C=N–C) groups is 1. The van der Waals surface area contributed by atoms with Gasteiger partial charge in [-0.1, -0.05) is 73.1 Å². The topological polar surface area (TPSA) is 75.2 Å². The molecule has 0 spiro atoms. The monoisotopic (exact) mass is 543 g/mol. The summed E-state index contributed by atoms with van der Waals surface area (Å²) < 4.78 is 0. The van der Waals surface area contributed by atoms with E-state index in [9.17, 15) is 5.41 Å².